The molecule has 0 heterocycles. The van der Waals surface area contributed by atoms with Crippen molar-refractivity contribution in [1.82, 2.24) is 5.32 Å². The number of likely N-dealkylation sites (N-methyl/N-ethyl adjacent to an activating group) is 1. The summed E-state index contributed by atoms with van der Waals surface area (Å²) in [6, 6.07) is 16.2. The predicted molar refractivity (Wildman–Crippen MR) is 87.9 cm³/mol. The second-order valence-corrected chi connectivity index (χ2v) is 6.54. The van der Waals surface area contributed by atoms with Crippen molar-refractivity contribution in [2.24, 2.45) is 0 Å². The largest absolute Gasteiger partial charge is 0.309 e. The molecule has 0 aliphatic heterocycles. The molecule has 1 aliphatic rings. The van der Waals surface area contributed by atoms with Gasteiger partial charge in [-0.2, -0.15) is 0 Å². The third kappa shape index (κ3) is 2.77. The van der Waals surface area contributed by atoms with E-state index in [2.05, 4.69) is 58.5 Å². The maximum Gasteiger partial charge on any atom is 0.137 e. The van der Waals surface area contributed by atoms with Gasteiger partial charge in [-0.25, -0.2) is 4.39 Å². The van der Waals surface area contributed by atoms with Gasteiger partial charge in [0.1, 0.15) is 5.82 Å². The molecule has 110 valence electrons. The molecule has 1 N–H and O–H groups in total. The summed E-state index contributed by atoms with van der Waals surface area (Å²) in [4.78, 5) is 0. The molecule has 1 saturated carbocycles. The van der Waals surface area contributed by atoms with E-state index in [0.717, 1.165) is 12.1 Å². The van der Waals surface area contributed by atoms with Gasteiger partial charge in [0.25, 0.3) is 0 Å². The van der Waals surface area contributed by atoms with Gasteiger partial charge in [-0.15, -0.1) is 0 Å². The van der Waals surface area contributed by atoms with Crippen LogP contribution >= 0.6 is 15.9 Å². The van der Waals surface area contributed by atoms with Crippen LogP contribution in [-0.2, 0) is 5.41 Å². The molecule has 0 saturated heterocycles. The molecule has 3 rings (SSSR count). The summed E-state index contributed by atoms with van der Waals surface area (Å²) in [6.07, 6.45) is 2.34. The predicted octanol–water partition coefficient (Wildman–Crippen LogP) is 4.97. The van der Waals surface area contributed by atoms with Crippen molar-refractivity contribution in [2.75, 3.05) is 6.54 Å². The van der Waals surface area contributed by atoms with Crippen LogP contribution in [0.4, 0.5) is 4.39 Å². The number of benzene rings is 2. The first-order valence-corrected chi connectivity index (χ1v) is 8.20. The Balaban J connectivity index is 2.00. The van der Waals surface area contributed by atoms with Gasteiger partial charge in [-0.05, 0) is 58.6 Å². The summed E-state index contributed by atoms with van der Waals surface area (Å²) in [7, 11) is 0. The summed E-state index contributed by atoms with van der Waals surface area (Å²) in [5.41, 5.74) is 2.66. The zero-order valence-electron chi connectivity index (χ0n) is 12.1. The number of nitrogens with one attached hydrogen (secondary N) is 1. The molecule has 0 spiro atoms. The standard InChI is InChI=1S/C18H19BrFN/c1-2-21-17(13-8-9-16(20)15(19)12-13)18(10-11-18)14-6-4-3-5-7-14/h3-9,12,17,21H,2,10-11H2,1H3. The first kappa shape index (κ1) is 14.7. The molecule has 0 aromatic heterocycles. The maximum absolute atomic E-state index is 13.5. The van der Waals surface area contributed by atoms with Gasteiger partial charge in [0.15, 0.2) is 0 Å². The Morgan fingerprint density at radius 3 is 2.48 bits per heavy atom. The average molecular weight is 348 g/mol. The van der Waals surface area contributed by atoms with Crippen LogP contribution in [-0.4, -0.2) is 6.54 Å². The van der Waals surface area contributed by atoms with Gasteiger partial charge in [0, 0.05) is 11.5 Å². The molecule has 1 fully saturated rings. The van der Waals surface area contributed by atoms with E-state index in [1.165, 1.54) is 18.4 Å². The molecule has 0 amide bonds. The number of rotatable bonds is 5. The van der Waals surface area contributed by atoms with E-state index in [4.69, 9.17) is 0 Å². The summed E-state index contributed by atoms with van der Waals surface area (Å²) < 4.78 is 14.0. The number of hydrogen-bond donors (Lipinski definition) is 1. The summed E-state index contributed by atoms with van der Waals surface area (Å²) in [5.74, 6) is -0.210. The fraction of sp³-hybridized carbons (Fsp3) is 0.333. The van der Waals surface area contributed by atoms with Crippen LogP contribution in [0.25, 0.3) is 0 Å². The zero-order chi connectivity index (χ0) is 14.9. The molecule has 1 nitrogen and oxygen atoms in total. The average Bonchev–Trinajstić information content (AvgIpc) is 3.30. The third-order valence-electron chi connectivity index (χ3n) is 4.38. The highest BCUT2D eigenvalue weighted by Crippen LogP contribution is 2.56. The Morgan fingerprint density at radius 1 is 1.19 bits per heavy atom. The summed E-state index contributed by atoms with van der Waals surface area (Å²) >= 11 is 3.31. The lowest BCUT2D eigenvalue weighted by Crippen LogP contribution is -2.32. The van der Waals surface area contributed by atoms with E-state index >= 15 is 0 Å². The van der Waals surface area contributed by atoms with Gasteiger partial charge in [0.05, 0.1) is 4.47 Å². The molecule has 21 heavy (non-hydrogen) atoms. The molecule has 1 atom stereocenters. The van der Waals surface area contributed by atoms with Crippen LogP contribution in [0.2, 0.25) is 0 Å². The lowest BCUT2D eigenvalue weighted by molar-refractivity contribution is 0.438. The normalized spacial score (nSPS) is 17.5. The third-order valence-corrected chi connectivity index (χ3v) is 4.98. The highest BCUT2D eigenvalue weighted by Gasteiger charge is 2.50. The van der Waals surface area contributed by atoms with Crippen LogP contribution in [0.5, 0.6) is 0 Å². The van der Waals surface area contributed by atoms with E-state index in [1.807, 2.05) is 12.1 Å². The van der Waals surface area contributed by atoms with Crippen molar-refractivity contribution in [3.05, 3.63) is 69.9 Å². The smallest absolute Gasteiger partial charge is 0.137 e. The Kier molecular flexibility index (Phi) is 4.14. The summed E-state index contributed by atoms with van der Waals surface area (Å²) in [6.45, 7) is 3.01. The Labute approximate surface area is 133 Å². The van der Waals surface area contributed by atoms with Crippen LogP contribution in [0, 0.1) is 5.82 Å². The van der Waals surface area contributed by atoms with Crippen molar-refractivity contribution in [3.63, 3.8) is 0 Å². The molecular weight excluding hydrogens is 329 g/mol. The zero-order valence-corrected chi connectivity index (χ0v) is 13.7. The van der Waals surface area contributed by atoms with Crippen molar-refractivity contribution in [1.29, 1.82) is 0 Å². The van der Waals surface area contributed by atoms with Crippen molar-refractivity contribution in [2.45, 2.75) is 31.2 Å². The van der Waals surface area contributed by atoms with Crippen LogP contribution in [0.1, 0.15) is 36.9 Å². The lowest BCUT2D eigenvalue weighted by atomic mass is 9.84. The van der Waals surface area contributed by atoms with Gasteiger partial charge in [-0.1, -0.05) is 43.3 Å². The molecule has 2 aromatic carbocycles. The Morgan fingerprint density at radius 2 is 1.90 bits per heavy atom. The van der Waals surface area contributed by atoms with E-state index in [1.54, 1.807) is 6.07 Å². The Bertz CT molecular complexity index is 622. The number of halogens is 2. The minimum absolute atomic E-state index is 0.147. The topological polar surface area (TPSA) is 12.0 Å². The minimum Gasteiger partial charge on any atom is -0.309 e. The van der Waals surface area contributed by atoms with Gasteiger partial charge < -0.3 is 5.32 Å². The van der Waals surface area contributed by atoms with E-state index < -0.39 is 0 Å². The van der Waals surface area contributed by atoms with Crippen molar-refractivity contribution in [3.8, 4) is 0 Å². The van der Waals surface area contributed by atoms with Crippen molar-refractivity contribution >= 4 is 15.9 Å². The number of hydrogen-bond acceptors (Lipinski definition) is 1. The molecule has 0 radical (unpaired) electrons. The first-order chi connectivity index (χ1) is 10.2. The second-order valence-electron chi connectivity index (χ2n) is 5.69. The van der Waals surface area contributed by atoms with Gasteiger partial charge in [-0.3, -0.25) is 0 Å². The van der Waals surface area contributed by atoms with Crippen molar-refractivity contribution < 1.29 is 4.39 Å². The monoisotopic (exact) mass is 347 g/mol. The van der Waals surface area contributed by atoms with Gasteiger partial charge in [0.2, 0.25) is 0 Å². The quantitative estimate of drug-likeness (QED) is 0.804. The van der Waals surface area contributed by atoms with Gasteiger partial charge >= 0.3 is 0 Å². The molecule has 1 unspecified atom stereocenters. The van der Waals surface area contributed by atoms with Crippen LogP contribution < -0.4 is 5.32 Å². The highest BCUT2D eigenvalue weighted by molar-refractivity contribution is 9.10. The summed E-state index contributed by atoms with van der Waals surface area (Å²) in [5, 5.41) is 3.60. The van der Waals surface area contributed by atoms with E-state index in [0.29, 0.717) is 4.47 Å². The second kappa shape index (κ2) is 5.90. The Hall–Kier alpha value is -1.19. The first-order valence-electron chi connectivity index (χ1n) is 7.41. The van der Waals surface area contributed by atoms with Crippen LogP contribution in [0.15, 0.2) is 53.0 Å². The van der Waals surface area contributed by atoms with E-state index in [-0.39, 0.29) is 17.3 Å². The van der Waals surface area contributed by atoms with Crippen LogP contribution in [0.3, 0.4) is 0 Å². The lowest BCUT2D eigenvalue weighted by Gasteiger charge is -2.29. The van der Waals surface area contributed by atoms with E-state index in [9.17, 15) is 4.39 Å². The molecule has 2 aromatic rings. The molecule has 1 aliphatic carbocycles. The molecule has 0 bridgehead atoms. The highest BCUT2D eigenvalue weighted by atomic mass is 79.9. The minimum atomic E-state index is -0.210. The molecule has 3 heteroatoms. The maximum atomic E-state index is 13.5. The molecular formula is C18H19BrFN. The fourth-order valence-electron chi connectivity index (χ4n) is 3.18. The SMILES string of the molecule is CCNC(c1ccc(F)c(Br)c1)C1(c2ccccc2)CC1. The fourth-order valence-corrected chi connectivity index (χ4v) is 3.57.